The first kappa shape index (κ1) is 59.7. The molecule has 2 aliphatic rings. The number of nitrogens with one attached hydrogen (secondary N) is 4. The highest BCUT2D eigenvalue weighted by molar-refractivity contribution is 5.91. The molecule has 4 rings (SSSR count). The van der Waals surface area contributed by atoms with Crippen LogP contribution in [0.15, 0.2) is 60.7 Å². The van der Waals surface area contributed by atoms with Crippen molar-refractivity contribution in [2.24, 2.45) is 10.8 Å². The predicted molar refractivity (Wildman–Crippen MR) is 289 cm³/mol. The molecule has 0 unspecified atom stereocenters. The first-order valence-corrected chi connectivity index (χ1v) is 27.3. The minimum atomic E-state index is -0.698. The van der Waals surface area contributed by atoms with Crippen molar-refractivity contribution in [1.29, 1.82) is 0 Å². The van der Waals surface area contributed by atoms with Gasteiger partial charge in [-0.3, -0.25) is 28.8 Å². The van der Waals surface area contributed by atoms with E-state index in [1.165, 1.54) is 11.1 Å². The largest absolute Gasteiger partial charge is 0.342 e. The molecule has 8 atom stereocenters. The normalized spacial score (nSPS) is 18.7. The van der Waals surface area contributed by atoms with Gasteiger partial charge in [-0.15, -0.1) is 0 Å². The van der Waals surface area contributed by atoms with Gasteiger partial charge in [-0.2, -0.15) is 0 Å². The Kier molecular flexibility index (Phi) is 23.7. The molecule has 0 saturated carbocycles. The van der Waals surface area contributed by atoms with Gasteiger partial charge in [0.05, 0.1) is 12.1 Å². The Hall–Kier alpha value is -4.82. The molecule has 0 bridgehead atoms. The molecule has 6 amide bonds. The van der Waals surface area contributed by atoms with E-state index in [0.717, 1.165) is 64.2 Å². The summed E-state index contributed by atoms with van der Waals surface area (Å²) in [6, 6.07) is 18.0. The highest BCUT2D eigenvalue weighted by Crippen LogP contribution is 2.30. The van der Waals surface area contributed by atoms with Crippen LogP contribution < -0.4 is 21.3 Å². The van der Waals surface area contributed by atoms with Gasteiger partial charge in [0, 0.05) is 64.2 Å². The molecular weight excluding hydrogens is 905 g/mol. The molecule has 0 spiro atoms. The SMILES string of the molecule is CN[C@@H](C)C(=O)N[C@H](C(=O)N1CCC[C@@H]1CN(C[C@H](C)c1ccccc1)C(=O)CCCCCCCCC(=O)N(C[C@@H]1CCCN1C(=O)[C@@H](NC(=O)[C@H](C)NC)C(C)(C)C)C[C@H](C)c1ccccc1)C(C)(C)C. The van der Waals surface area contributed by atoms with Gasteiger partial charge >= 0.3 is 0 Å². The van der Waals surface area contributed by atoms with Gasteiger partial charge in [0.25, 0.3) is 0 Å². The van der Waals surface area contributed by atoms with Crippen LogP contribution in [-0.2, 0) is 28.8 Å². The van der Waals surface area contributed by atoms with Crippen LogP contribution in [0.2, 0.25) is 0 Å². The maximum Gasteiger partial charge on any atom is 0.246 e. The standard InChI is InChI=1S/C58H94N8O6/c1-41(45-27-19-17-20-28-45)37-63(39-47-31-25-35-65(47)55(71)51(57(5,6)7)61-53(69)43(3)59-11)49(67)33-23-15-13-14-16-24-34-50(68)64(38-42(2)46-29-21-18-22-30-46)40-48-32-26-36-66(48)56(72)52(58(8,9)10)62-54(70)44(4)60-12/h17-22,27-30,41-44,47-48,51-52,59-60H,13-16,23-26,31-40H2,1-12H3,(H,61,69)(H,62,70)/t41-,42-,43-,44-,47-,48+,51+,52+/m0/s1. The molecule has 0 aromatic heterocycles. The van der Waals surface area contributed by atoms with E-state index in [2.05, 4.69) is 59.4 Å². The summed E-state index contributed by atoms with van der Waals surface area (Å²) in [6.45, 7) is 22.9. The summed E-state index contributed by atoms with van der Waals surface area (Å²) in [5.74, 6) is -0.211. The van der Waals surface area contributed by atoms with E-state index in [1.54, 1.807) is 27.9 Å². The van der Waals surface area contributed by atoms with Crippen LogP contribution in [0.3, 0.4) is 0 Å². The molecule has 2 saturated heterocycles. The number of unbranched alkanes of at least 4 members (excludes halogenated alkanes) is 5. The molecule has 2 aromatic rings. The van der Waals surface area contributed by atoms with Gasteiger partial charge in [-0.05, 0) is 100 Å². The lowest BCUT2D eigenvalue weighted by atomic mass is 9.85. The molecule has 402 valence electrons. The highest BCUT2D eigenvalue weighted by atomic mass is 16.2. The molecule has 2 aromatic carbocycles. The maximum absolute atomic E-state index is 14.3. The number of likely N-dealkylation sites (tertiary alicyclic amines) is 2. The third-order valence-electron chi connectivity index (χ3n) is 15.1. The molecule has 72 heavy (non-hydrogen) atoms. The number of rotatable bonds is 27. The van der Waals surface area contributed by atoms with Gasteiger partial charge in [0.2, 0.25) is 35.4 Å². The zero-order valence-electron chi connectivity index (χ0n) is 46.4. The van der Waals surface area contributed by atoms with Crippen LogP contribution in [-0.4, -0.2) is 145 Å². The fraction of sp³-hybridized carbons (Fsp3) is 0.690. The summed E-state index contributed by atoms with van der Waals surface area (Å²) in [5, 5.41) is 12.0. The summed E-state index contributed by atoms with van der Waals surface area (Å²) >= 11 is 0. The Balaban J connectivity index is 1.34. The Labute approximate surface area is 433 Å². The Morgan fingerprint density at radius 2 is 0.875 bits per heavy atom. The average Bonchev–Trinajstić information content (AvgIpc) is 4.03. The number of carbonyl (C=O) groups is 6. The van der Waals surface area contributed by atoms with Crippen molar-refractivity contribution in [3.05, 3.63) is 71.8 Å². The first-order valence-electron chi connectivity index (χ1n) is 27.3. The fourth-order valence-corrected chi connectivity index (χ4v) is 10.1. The third-order valence-corrected chi connectivity index (χ3v) is 15.1. The van der Waals surface area contributed by atoms with Crippen LogP contribution in [0.4, 0.5) is 0 Å². The minimum absolute atomic E-state index is 0.0958. The summed E-state index contributed by atoms with van der Waals surface area (Å²) in [7, 11) is 3.45. The lowest BCUT2D eigenvalue weighted by molar-refractivity contribution is -0.142. The fourth-order valence-electron chi connectivity index (χ4n) is 10.1. The second-order valence-electron chi connectivity index (χ2n) is 23.1. The minimum Gasteiger partial charge on any atom is -0.342 e. The average molecular weight is 999 g/mol. The number of likely N-dealkylation sites (N-methyl/N-ethyl adjacent to an activating group) is 2. The lowest BCUT2D eigenvalue weighted by Gasteiger charge is -2.38. The Morgan fingerprint density at radius 3 is 1.19 bits per heavy atom. The molecule has 2 fully saturated rings. The molecular formula is C58H94N8O6. The van der Waals surface area contributed by atoms with Crippen molar-refractivity contribution < 1.29 is 28.8 Å². The lowest BCUT2D eigenvalue weighted by Crippen LogP contribution is -2.59. The van der Waals surface area contributed by atoms with Crippen LogP contribution in [0.25, 0.3) is 0 Å². The summed E-state index contributed by atoms with van der Waals surface area (Å²) < 4.78 is 0. The molecule has 14 heteroatoms. The quantitative estimate of drug-likeness (QED) is 0.0665. The zero-order valence-corrected chi connectivity index (χ0v) is 46.4. The van der Waals surface area contributed by atoms with Gasteiger partial charge in [0.15, 0.2) is 0 Å². The number of benzene rings is 2. The van der Waals surface area contributed by atoms with Crippen molar-refractivity contribution in [3.63, 3.8) is 0 Å². The van der Waals surface area contributed by atoms with E-state index in [4.69, 9.17) is 0 Å². The Bertz CT molecular complexity index is 1880. The van der Waals surface area contributed by atoms with Gasteiger partial charge in [-0.1, -0.05) is 142 Å². The summed E-state index contributed by atoms with van der Waals surface area (Å²) in [6.07, 6.45) is 9.41. The molecule has 14 nitrogen and oxygen atoms in total. The van der Waals surface area contributed by atoms with E-state index < -0.39 is 35.0 Å². The topological polar surface area (TPSA) is 163 Å². The van der Waals surface area contributed by atoms with Crippen molar-refractivity contribution in [2.45, 2.75) is 194 Å². The van der Waals surface area contributed by atoms with E-state index in [-0.39, 0.29) is 59.4 Å². The van der Waals surface area contributed by atoms with Crippen LogP contribution in [0.1, 0.15) is 169 Å². The van der Waals surface area contributed by atoms with Crippen molar-refractivity contribution in [2.75, 3.05) is 53.4 Å². The van der Waals surface area contributed by atoms with E-state index in [9.17, 15) is 28.8 Å². The monoisotopic (exact) mass is 999 g/mol. The van der Waals surface area contributed by atoms with Crippen LogP contribution in [0.5, 0.6) is 0 Å². The van der Waals surface area contributed by atoms with E-state index in [0.29, 0.717) is 52.1 Å². The summed E-state index contributed by atoms with van der Waals surface area (Å²) in [5.41, 5.74) is 1.32. The smallest absolute Gasteiger partial charge is 0.246 e. The number of hydrogen-bond donors (Lipinski definition) is 4. The number of amides is 6. The van der Waals surface area contributed by atoms with Gasteiger partial charge in [0.1, 0.15) is 12.1 Å². The zero-order chi connectivity index (χ0) is 53.2. The second-order valence-corrected chi connectivity index (χ2v) is 23.1. The number of nitrogens with zero attached hydrogens (tertiary/aromatic N) is 4. The Morgan fingerprint density at radius 1 is 0.542 bits per heavy atom. The predicted octanol–water partition coefficient (Wildman–Crippen LogP) is 7.63. The van der Waals surface area contributed by atoms with Gasteiger partial charge in [-0.25, -0.2) is 0 Å². The van der Waals surface area contributed by atoms with Crippen molar-refractivity contribution in [1.82, 2.24) is 40.9 Å². The first-order chi connectivity index (χ1) is 34.1. The second kappa shape index (κ2) is 28.6. The molecule has 0 radical (unpaired) electrons. The van der Waals surface area contributed by atoms with E-state index >= 15 is 0 Å². The highest BCUT2D eigenvalue weighted by Gasteiger charge is 2.42. The van der Waals surface area contributed by atoms with Crippen molar-refractivity contribution >= 4 is 35.4 Å². The third kappa shape index (κ3) is 18.0. The number of hydrogen-bond acceptors (Lipinski definition) is 8. The van der Waals surface area contributed by atoms with Crippen LogP contribution in [0, 0.1) is 10.8 Å². The molecule has 4 N–H and O–H groups in total. The van der Waals surface area contributed by atoms with Crippen molar-refractivity contribution in [3.8, 4) is 0 Å². The molecule has 2 heterocycles. The summed E-state index contributed by atoms with van der Waals surface area (Å²) in [4.78, 5) is 90.7. The maximum atomic E-state index is 14.3. The van der Waals surface area contributed by atoms with Gasteiger partial charge < -0.3 is 40.9 Å². The van der Waals surface area contributed by atoms with Crippen LogP contribution >= 0.6 is 0 Å². The number of carbonyl (C=O) groups excluding carboxylic acids is 6. The van der Waals surface area contributed by atoms with E-state index in [1.807, 2.05) is 97.5 Å². The molecule has 2 aliphatic heterocycles. The molecule has 0 aliphatic carbocycles.